The number of hydrogen-bond donors (Lipinski definition) is 0. The van der Waals surface area contributed by atoms with Crippen molar-refractivity contribution in [3.63, 3.8) is 0 Å². The van der Waals surface area contributed by atoms with E-state index in [1.807, 2.05) is 24.3 Å². The maximum absolute atomic E-state index is 11.0. The summed E-state index contributed by atoms with van der Waals surface area (Å²) >= 11 is 5.68. The van der Waals surface area contributed by atoms with Gasteiger partial charge in [0, 0.05) is 11.8 Å². The van der Waals surface area contributed by atoms with Crippen LogP contribution in [0.1, 0.15) is 5.56 Å². The Labute approximate surface area is 69.5 Å². The van der Waals surface area contributed by atoms with Crippen LogP contribution in [-0.4, -0.2) is 5.91 Å². The molecule has 0 unspecified atom stereocenters. The van der Waals surface area contributed by atoms with Crippen LogP contribution in [0.2, 0.25) is 0 Å². The fraction of sp³-hybridized carbons (Fsp3) is 0.125. The van der Waals surface area contributed by atoms with Gasteiger partial charge in [-0.05, 0) is 11.6 Å². The number of rotatable bonds is 0. The first-order valence-corrected chi connectivity index (χ1v) is 3.69. The summed E-state index contributed by atoms with van der Waals surface area (Å²) in [5.41, 5.74) is 1.83. The van der Waals surface area contributed by atoms with Gasteiger partial charge in [0.2, 0.25) is 5.91 Å². The average molecular weight is 168 g/mol. The SMILES string of the molecule is O=C1Cc2ccccc2N1Cl. The van der Waals surface area contributed by atoms with Crippen molar-refractivity contribution in [1.82, 2.24) is 0 Å². The van der Waals surface area contributed by atoms with Crippen molar-refractivity contribution in [3.8, 4) is 0 Å². The molecule has 0 aliphatic carbocycles. The van der Waals surface area contributed by atoms with Crippen LogP contribution in [0.5, 0.6) is 0 Å². The van der Waals surface area contributed by atoms with Gasteiger partial charge in [-0.25, -0.2) is 4.42 Å². The van der Waals surface area contributed by atoms with Crippen molar-refractivity contribution >= 4 is 23.4 Å². The Balaban J connectivity index is 2.55. The van der Waals surface area contributed by atoms with Crippen LogP contribution in [0.3, 0.4) is 0 Å². The molecule has 1 aliphatic rings. The van der Waals surface area contributed by atoms with E-state index in [1.54, 1.807) is 0 Å². The van der Waals surface area contributed by atoms with Crippen LogP contribution >= 0.6 is 11.8 Å². The van der Waals surface area contributed by atoms with Gasteiger partial charge >= 0.3 is 0 Å². The first-order valence-electron chi connectivity index (χ1n) is 3.35. The molecule has 0 atom stereocenters. The summed E-state index contributed by atoms with van der Waals surface area (Å²) in [6.45, 7) is 0. The summed E-state index contributed by atoms with van der Waals surface area (Å²) in [6, 6.07) is 7.53. The van der Waals surface area contributed by atoms with Crippen molar-refractivity contribution in [2.45, 2.75) is 6.42 Å². The second-order valence-electron chi connectivity index (χ2n) is 2.48. The van der Waals surface area contributed by atoms with Gasteiger partial charge in [0.05, 0.1) is 12.1 Å². The third-order valence-corrected chi connectivity index (χ3v) is 2.13. The minimum Gasteiger partial charge on any atom is -0.273 e. The van der Waals surface area contributed by atoms with Gasteiger partial charge in [0.1, 0.15) is 0 Å². The van der Waals surface area contributed by atoms with E-state index < -0.39 is 0 Å². The van der Waals surface area contributed by atoms with Gasteiger partial charge in [-0.2, -0.15) is 0 Å². The molecule has 1 heterocycles. The summed E-state index contributed by atoms with van der Waals surface area (Å²) in [4.78, 5) is 11.0. The van der Waals surface area contributed by atoms with E-state index in [0.717, 1.165) is 11.3 Å². The molecule has 1 aromatic rings. The molecule has 0 saturated carbocycles. The lowest BCUT2D eigenvalue weighted by atomic mass is 10.2. The predicted octanol–water partition coefficient (Wildman–Crippen LogP) is 1.73. The summed E-state index contributed by atoms with van der Waals surface area (Å²) in [5.74, 6) is -0.0483. The summed E-state index contributed by atoms with van der Waals surface area (Å²) in [7, 11) is 0. The Morgan fingerprint density at radius 3 is 2.82 bits per heavy atom. The third-order valence-electron chi connectivity index (χ3n) is 1.76. The maximum atomic E-state index is 11.0. The number of hydrogen-bond acceptors (Lipinski definition) is 1. The highest BCUT2D eigenvalue weighted by molar-refractivity contribution is 6.38. The maximum Gasteiger partial charge on any atom is 0.246 e. The molecule has 0 bridgehead atoms. The zero-order valence-corrected chi connectivity index (χ0v) is 6.51. The van der Waals surface area contributed by atoms with Gasteiger partial charge in [0.25, 0.3) is 0 Å². The number of fused-ring (bicyclic) bond motifs is 1. The summed E-state index contributed by atoms with van der Waals surface area (Å²) in [6.07, 6.45) is 0.430. The number of carbonyl (C=O) groups is 1. The molecule has 0 radical (unpaired) electrons. The van der Waals surface area contributed by atoms with Crippen molar-refractivity contribution in [3.05, 3.63) is 29.8 Å². The van der Waals surface area contributed by atoms with E-state index in [4.69, 9.17) is 11.8 Å². The van der Waals surface area contributed by atoms with Gasteiger partial charge in [0.15, 0.2) is 0 Å². The minimum atomic E-state index is -0.0483. The highest BCUT2D eigenvalue weighted by Gasteiger charge is 2.24. The molecule has 2 rings (SSSR count). The smallest absolute Gasteiger partial charge is 0.246 e. The Hall–Kier alpha value is -1.02. The average Bonchev–Trinajstić information content (AvgIpc) is 2.30. The second kappa shape index (κ2) is 2.24. The zero-order valence-electron chi connectivity index (χ0n) is 5.75. The molecule has 0 N–H and O–H groups in total. The van der Waals surface area contributed by atoms with E-state index in [-0.39, 0.29) is 5.91 Å². The largest absolute Gasteiger partial charge is 0.273 e. The van der Waals surface area contributed by atoms with E-state index >= 15 is 0 Å². The van der Waals surface area contributed by atoms with Gasteiger partial charge < -0.3 is 0 Å². The molecule has 0 spiro atoms. The molecule has 0 fully saturated rings. The topological polar surface area (TPSA) is 20.3 Å². The van der Waals surface area contributed by atoms with Crippen LogP contribution in [0.4, 0.5) is 5.69 Å². The van der Waals surface area contributed by atoms with Gasteiger partial charge in [-0.1, -0.05) is 18.2 Å². The van der Waals surface area contributed by atoms with Crippen LogP contribution in [-0.2, 0) is 11.2 Å². The molecular weight excluding hydrogens is 162 g/mol. The summed E-state index contributed by atoms with van der Waals surface area (Å²) in [5, 5.41) is 0. The quantitative estimate of drug-likeness (QED) is 0.539. The number of benzene rings is 1. The van der Waals surface area contributed by atoms with Gasteiger partial charge in [-0.3, -0.25) is 4.79 Å². The fourth-order valence-electron chi connectivity index (χ4n) is 1.22. The molecule has 0 aromatic heterocycles. The van der Waals surface area contributed by atoms with Gasteiger partial charge in [-0.15, -0.1) is 0 Å². The molecule has 3 heteroatoms. The number of carbonyl (C=O) groups excluding carboxylic acids is 1. The molecule has 56 valence electrons. The normalized spacial score (nSPS) is 15.4. The third kappa shape index (κ3) is 0.906. The number of halogens is 1. The van der Waals surface area contributed by atoms with Crippen molar-refractivity contribution in [2.24, 2.45) is 0 Å². The van der Waals surface area contributed by atoms with Crippen LogP contribution in [0.25, 0.3) is 0 Å². The second-order valence-corrected chi connectivity index (χ2v) is 2.82. The minimum absolute atomic E-state index is 0.0483. The predicted molar refractivity (Wildman–Crippen MR) is 43.5 cm³/mol. The zero-order chi connectivity index (χ0) is 7.84. The molecule has 1 aromatic carbocycles. The lowest BCUT2D eigenvalue weighted by molar-refractivity contribution is -0.116. The van der Waals surface area contributed by atoms with Crippen molar-refractivity contribution < 1.29 is 4.79 Å². The van der Waals surface area contributed by atoms with E-state index in [0.29, 0.717) is 6.42 Å². The Morgan fingerprint density at radius 1 is 1.36 bits per heavy atom. The Bertz CT molecular complexity index is 311. The van der Waals surface area contributed by atoms with E-state index in [1.165, 1.54) is 4.42 Å². The fourth-order valence-corrected chi connectivity index (χ4v) is 1.44. The number of amides is 1. The Kier molecular flexibility index (Phi) is 1.36. The van der Waals surface area contributed by atoms with E-state index in [2.05, 4.69) is 0 Å². The highest BCUT2D eigenvalue weighted by atomic mass is 35.5. The molecule has 11 heavy (non-hydrogen) atoms. The Morgan fingerprint density at radius 2 is 2.09 bits per heavy atom. The van der Waals surface area contributed by atoms with Crippen molar-refractivity contribution in [1.29, 1.82) is 0 Å². The number of para-hydroxylation sites is 1. The first-order chi connectivity index (χ1) is 5.29. The van der Waals surface area contributed by atoms with E-state index in [9.17, 15) is 4.79 Å². The lowest BCUT2D eigenvalue weighted by Gasteiger charge is -2.04. The molecule has 1 amide bonds. The lowest BCUT2D eigenvalue weighted by Crippen LogP contribution is -2.13. The van der Waals surface area contributed by atoms with Crippen LogP contribution in [0.15, 0.2) is 24.3 Å². The highest BCUT2D eigenvalue weighted by Crippen LogP contribution is 2.29. The molecule has 1 aliphatic heterocycles. The molecular formula is C8H6ClNO. The molecule has 2 nitrogen and oxygen atoms in total. The number of nitrogens with zero attached hydrogens (tertiary/aromatic N) is 1. The standard InChI is InChI=1S/C8H6ClNO/c9-10-7-4-2-1-3-6(7)5-8(10)11/h1-4H,5H2. The van der Waals surface area contributed by atoms with Crippen LogP contribution in [0, 0.1) is 0 Å². The summed E-state index contributed by atoms with van der Waals surface area (Å²) < 4.78 is 1.18. The van der Waals surface area contributed by atoms with Crippen LogP contribution < -0.4 is 4.42 Å². The molecule has 0 saturated heterocycles. The van der Waals surface area contributed by atoms with Crippen molar-refractivity contribution in [2.75, 3.05) is 4.42 Å². The number of anilines is 1. The first kappa shape index (κ1) is 6.68. The monoisotopic (exact) mass is 167 g/mol.